The number of fused-ring (bicyclic) bond motifs is 2. The largest absolute Gasteiger partial charge is 0.497 e. The van der Waals surface area contributed by atoms with Crippen molar-refractivity contribution in [2.24, 2.45) is 5.92 Å². The Morgan fingerprint density at radius 1 is 0.925 bits per heavy atom. The van der Waals surface area contributed by atoms with Crippen LogP contribution in [0, 0.1) is 5.92 Å². The summed E-state index contributed by atoms with van der Waals surface area (Å²) >= 11 is 3.70. The Bertz CT molecular complexity index is 1640. The van der Waals surface area contributed by atoms with Gasteiger partial charge < -0.3 is 14.8 Å². The number of rotatable bonds is 7. The molecule has 0 unspecified atom stereocenters. The molecule has 3 amide bonds. The lowest BCUT2D eigenvalue weighted by Gasteiger charge is -2.29. The van der Waals surface area contributed by atoms with Crippen LogP contribution in [0.2, 0.25) is 0 Å². The third-order valence-electron chi connectivity index (χ3n) is 6.91. The Morgan fingerprint density at radius 3 is 2.23 bits per heavy atom. The molecule has 0 bridgehead atoms. The molecule has 0 spiro atoms. The quantitative estimate of drug-likeness (QED) is 0.316. The highest BCUT2D eigenvalue weighted by molar-refractivity contribution is 8.00. The van der Waals surface area contributed by atoms with E-state index in [9.17, 15) is 19.2 Å². The second-order valence-electron chi connectivity index (χ2n) is 9.17. The fraction of sp³-hybridized carbons (Fsp3) is 0.214. The van der Waals surface area contributed by atoms with E-state index in [1.165, 1.54) is 32.6 Å². The first-order valence-electron chi connectivity index (χ1n) is 12.3. The maximum atomic E-state index is 13.9. The molecule has 0 aliphatic carbocycles. The van der Waals surface area contributed by atoms with Crippen molar-refractivity contribution in [1.82, 2.24) is 4.57 Å². The lowest BCUT2D eigenvalue weighted by Crippen LogP contribution is -2.32. The minimum absolute atomic E-state index is 0.220. The molecular weight excluding hydrogens is 571 g/mol. The molecule has 3 atom stereocenters. The van der Waals surface area contributed by atoms with Gasteiger partial charge in [0.25, 0.3) is 0 Å². The van der Waals surface area contributed by atoms with Gasteiger partial charge in [0.05, 0.1) is 30.9 Å². The van der Waals surface area contributed by atoms with Crippen molar-refractivity contribution in [3.8, 4) is 11.5 Å². The summed E-state index contributed by atoms with van der Waals surface area (Å²) in [6, 6.07) is 17.5. The number of carbonyl (C=O) groups is 3. The number of nitrogens with zero attached hydrogens (tertiary/aromatic N) is 2. The molecule has 4 heterocycles. The topological polar surface area (TPSA) is 107 Å². The number of anilines is 2. The van der Waals surface area contributed by atoms with Gasteiger partial charge in [-0.05, 0) is 60.0 Å². The Hall–Kier alpha value is -3.87. The molecule has 4 aromatic rings. The van der Waals surface area contributed by atoms with E-state index in [4.69, 9.17) is 9.47 Å². The third kappa shape index (κ3) is 4.51. The molecule has 9 nitrogen and oxygen atoms in total. The zero-order valence-corrected chi connectivity index (χ0v) is 23.8. The van der Waals surface area contributed by atoms with Gasteiger partial charge in [0.1, 0.15) is 23.3 Å². The average molecular weight is 594 g/mol. The maximum Gasteiger partial charge on any atom is 0.308 e. The van der Waals surface area contributed by atoms with E-state index in [2.05, 4.69) is 5.32 Å². The number of amides is 3. The lowest BCUT2D eigenvalue weighted by molar-refractivity contribution is -0.122. The fourth-order valence-corrected chi connectivity index (χ4v) is 8.76. The maximum absolute atomic E-state index is 13.9. The van der Waals surface area contributed by atoms with E-state index in [0.29, 0.717) is 32.8 Å². The number of aromatic nitrogens is 1. The van der Waals surface area contributed by atoms with E-state index in [0.717, 1.165) is 16.2 Å². The average Bonchev–Trinajstić information content (AvgIpc) is 3.66. The summed E-state index contributed by atoms with van der Waals surface area (Å²) in [7, 11) is 3.11. The number of thiophene rings is 1. The molecule has 1 fully saturated rings. The zero-order valence-electron chi connectivity index (χ0n) is 21.4. The van der Waals surface area contributed by atoms with E-state index in [1.54, 1.807) is 62.8 Å². The summed E-state index contributed by atoms with van der Waals surface area (Å²) in [6.07, 6.45) is 0. The Balaban J connectivity index is 1.35. The lowest BCUT2D eigenvalue weighted by atomic mass is 9.87. The van der Waals surface area contributed by atoms with Gasteiger partial charge in [-0.25, -0.2) is 4.90 Å². The molecular formula is C28H23N3O6S3. The second kappa shape index (κ2) is 10.6. The molecule has 2 aliphatic rings. The minimum atomic E-state index is -0.737. The number of thiazole rings is 1. The van der Waals surface area contributed by atoms with Crippen LogP contribution in [0.4, 0.5) is 11.4 Å². The number of hydrogen-bond acceptors (Lipinski definition) is 9. The molecule has 204 valence electrons. The van der Waals surface area contributed by atoms with E-state index in [1.807, 2.05) is 17.5 Å². The van der Waals surface area contributed by atoms with Crippen LogP contribution in [0.15, 0.2) is 75.9 Å². The highest BCUT2D eigenvalue weighted by Gasteiger charge is 2.57. The number of carbonyl (C=O) groups excluding carboxylic acids is 3. The SMILES string of the molecule is COc1ccc(NC(=O)Cn2c3c(sc2=O)[C@@H](c2cccs2)[C@@H]2C(=O)N(c4ccc(OC)cc4)C(=O)[C@@H]2S3)cc1. The normalized spacial score (nSPS) is 19.8. The summed E-state index contributed by atoms with van der Waals surface area (Å²) in [5.74, 6) is -0.894. The van der Waals surface area contributed by atoms with Crippen LogP contribution in [0.3, 0.4) is 0 Å². The summed E-state index contributed by atoms with van der Waals surface area (Å²) in [5, 5.41) is 4.54. The van der Waals surface area contributed by atoms with Gasteiger partial charge in [-0.3, -0.25) is 23.7 Å². The summed E-state index contributed by atoms with van der Waals surface area (Å²) in [4.78, 5) is 56.3. The number of methoxy groups -OCH3 is 2. The van der Waals surface area contributed by atoms with Crippen LogP contribution < -0.4 is 24.6 Å². The standard InChI is InChI=1S/C28H23N3O6S3/c1-36-17-9-5-15(6-10-17)29-20(32)14-30-27-24(40-28(30)35)21(19-4-3-13-38-19)22-23(39-27)26(34)31(25(22)33)16-7-11-18(37-2)12-8-16/h3-13,21-23H,14H2,1-2H3,(H,29,32)/t21-,22-,23+/m0/s1. The van der Waals surface area contributed by atoms with Crippen molar-refractivity contribution in [2.75, 3.05) is 24.4 Å². The first-order valence-corrected chi connectivity index (χ1v) is 14.9. The summed E-state index contributed by atoms with van der Waals surface area (Å²) in [5.41, 5.74) is 1.04. The highest BCUT2D eigenvalue weighted by Crippen LogP contribution is 2.54. The zero-order chi connectivity index (χ0) is 28.0. The Labute approximate surface area is 241 Å². The molecule has 2 aromatic heterocycles. The molecule has 2 aliphatic heterocycles. The summed E-state index contributed by atoms with van der Waals surface area (Å²) in [6.45, 7) is -0.220. The first kappa shape index (κ1) is 26.4. The van der Waals surface area contributed by atoms with Crippen LogP contribution in [-0.2, 0) is 20.9 Å². The summed E-state index contributed by atoms with van der Waals surface area (Å²) < 4.78 is 11.8. The van der Waals surface area contributed by atoms with Gasteiger partial charge in [-0.2, -0.15) is 0 Å². The van der Waals surface area contributed by atoms with Crippen LogP contribution >= 0.6 is 34.4 Å². The van der Waals surface area contributed by atoms with E-state index >= 15 is 0 Å². The molecule has 12 heteroatoms. The van der Waals surface area contributed by atoms with Crippen molar-refractivity contribution in [1.29, 1.82) is 0 Å². The fourth-order valence-electron chi connectivity index (χ4n) is 5.03. The highest BCUT2D eigenvalue weighted by atomic mass is 32.2. The number of thioether (sulfide) groups is 1. The first-order chi connectivity index (χ1) is 19.4. The van der Waals surface area contributed by atoms with Crippen LogP contribution in [0.5, 0.6) is 11.5 Å². The molecule has 40 heavy (non-hydrogen) atoms. The smallest absolute Gasteiger partial charge is 0.308 e. The van der Waals surface area contributed by atoms with Gasteiger partial charge in [-0.1, -0.05) is 29.2 Å². The predicted molar refractivity (Wildman–Crippen MR) is 155 cm³/mol. The van der Waals surface area contributed by atoms with Crippen LogP contribution in [0.1, 0.15) is 15.7 Å². The molecule has 1 N–H and O–H groups in total. The predicted octanol–water partition coefficient (Wildman–Crippen LogP) is 4.42. The molecule has 6 rings (SSSR count). The molecule has 0 radical (unpaired) electrons. The van der Waals surface area contributed by atoms with Crippen molar-refractivity contribution >= 4 is 63.5 Å². The Kier molecular flexibility index (Phi) is 6.99. The number of benzene rings is 2. The van der Waals surface area contributed by atoms with Crippen molar-refractivity contribution in [3.05, 3.63) is 85.5 Å². The van der Waals surface area contributed by atoms with Gasteiger partial charge in [0, 0.05) is 21.4 Å². The minimum Gasteiger partial charge on any atom is -0.497 e. The van der Waals surface area contributed by atoms with Crippen LogP contribution in [-0.4, -0.2) is 41.8 Å². The molecule has 2 aromatic carbocycles. The number of nitrogens with one attached hydrogen (secondary N) is 1. The van der Waals surface area contributed by atoms with Crippen molar-refractivity contribution in [3.63, 3.8) is 0 Å². The number of imide groups is 1. The van der Waals surface area contributed by atoms with Gasteiger partial charge in [0.15, 0.2) is 0 Å². The monoisotopic (exact) mass is 593 g/mol. The number of hydrogen-bond donors (Lipinski definition) is 1. The Morgan fingerprint density at radius 2 is 1.60 bits per heavy atom. The molecule has 1 saturated heterocycles. The van der Waals surface area contributed by atoms with Crippen molar-refractivity contribution in [2.45, 2.75) is 22.7 Å². The van der Waals surface area contributed by atoms with E-state index < -0.39 is 17.1 Å². The third-order valence-corrected chi connectivity index (χ3v) is 10.5. The van der Waals surface area contributed by atoms with Gasteiger partial charge in [0.2, 0.25) is 17.7 Å². The van der Waals surface area contributed by atoms with Gasteiger partial charge in [-0.15, -0.1) is 11.3 Å². The number of ether oxygens (including phenoxy) is 2. The second-order valence-corrected chi connectivity index (χ2v) is 12.3. The molecule has 0 saturated carbocycles. The van der Waals surface area contributed by atoms with Crippen molar-refractivity contribution < 1.29 is 23.9 Å². The van der Waals surface area contributed by atoms with Gasteiger partial charge >= 0.3 is 4.87 Å². The van der Waals surface area contributed by atoms with E-state index in [-0.39, 0.29) is 29.1 Å². The van der Waals surface area contributed by atoms with Crippen LogP contribution in [0.25, 0.3) is 0 Å².